The third-order valence-corrected chi connectivity index (χ3v) is 3.74. The van der Waals surface area contributed by atoms with Crippen molar-refractivity contribution in [3.8, 4) is 0 Å². The van der Waals surface area contributed by atoms with E-state index in [0.717, 1.165) is 6.54 Å². The van der Waals surface area contributed by atoms with Gasteiger partial charge >= 0.3 is 0 Å². The molecule has 2 unspecified atom stereocenters. The summed E-state index contributed by atoms with van der Waals surface area (Å²) >= 11 is 0. The summed E-state index contributed by atoms with van der Waals surface area (Å²) in [6.45, 7) is 7.76. The van der Waals surface area contributed by atoms with Crippen molar-refractivity contribution in [3.05, 3.63) is 0 Å². The Morgan fingerprint density at radius 3 is 2.48 bits per heavy atom. The molecule has 120 valence electrons. The van der Waals surface area contributed by atoms with E-state index >= 15 is 0 Å². The Labute approximate surface area is 125 Å². The zero-order valence-corrected chi connectivity index (χ0v) is 13.1. The summed E-state index contributed by atoms with van der Waals surface area (Å²) in [7, 11) is 0. The largest absolute Gasteiger partial charge is 0.355 e. The molecule has 1 aliphatic rings. The van der Waals surface area contributed by atoms with Crippen LogP contribution in [0.4, 0.5) is 0 Å². The van der Waals surface area contributed by atoms with E-state index < -0.39 is 0 Å². The lowest BCUT2D eigenvalue weighted by Crippen LogP contribution is -2.57. The van der Waals surface area contributed by atoms with Crippen LogP contribution < -0.4 is 16.0 Å². The highest BCUT2D eigenvalue weighted by Gasteiger charge is 2.27. The van der Waals surface area contributed by atoms with Crippen LogP contribution in [0.5, 0.6) is 0 Å². The van der Waals surface area contributed by atoms with Gasteiger partial charge < -0.3 is 20.9 Å². The fourth-order valence-electron chi connectivity index (χ4n) is 2.30. The molecule has 1 fully saturated rings. The van der Waals surface area contributed by atoms with Crippen molar-refractivity contribution in [1.29, 1.82) is 0 Å². The van der Waals surface area contributed by atoms with Gasteiger partial charge in [-0.05, 0) is 13.8 Å². The van der Waals surface area contributed by atoms with Crippen molar-refractivity contribution in [3.63, 3.8) is 0 Å². The van der Waals surface area contributed by atoms with E-state index in [2.05, 4.69) is 22.9 Å². The van der Waals surface area contributed by atoms with Crippen molar-refractivity contribution in [2.24, 2.45) is 0 Å². The van der Waals surface area contributed by atoms with E-state index in [1.807, 2.05) is 11.8 Å². The average molecular weight is 298 g/mol. The van der Waals surface area contributed by atoms with Crippen molar-refractivity contribution in [1.82, 2.24) is 20.9 Å². The van der Waals surface area contributed by atoms with Crippen LogP contribution in [-0.4, -0.2) is 60.9 Å². The quantitative estimate of drug-likeness (QED) is 0.562. The van der Waals surface area contributed by atoms with E-state index in [4.69, 9.17) is 0 Å². The maximum atomic E-state index is 12.1. The number of carbonyl (C=O) groups excluding carboxylic acids is 3. The number of hydrogen-bond donors (Lipinski definition) is 3. The highest BCUT2D eigenvalue weighted by molar-refractivity contribution is 5.84. The van der Waals surface area contributed by atoms with Crippen LogP contribution in [0.25, 0.3) is 0 Å². The molecule has 0 aromatic heterocycles. The minimum absolute atomic E-state index is 0.0212. The molecule has 0 aliphatic carbocycles. The standard InChI is InChI=1S/C14H26N4O3/c1-10-11(2)18(9-8-15-10)14(21)5-4-13(20)17-7-6-16-12(3)19/h10-11,15H,4-9H2,1-3H3,(H,16,19)(H,17,20). The molecule has 1 rings (SSSR count). The third-order valence-electron chi connectivity index (χ3n) is 3.74. The second-order valence-corrected chi connectivity index (χ2v) is 5.40. The summed E-state index contributed by atoms with van der Waals surface area (Å²) in [6, 6.07) is 0.420. The maximum absolute atomic E-state index is 12.1. The molecular weight excluding hydrogens is 272 g/mol. The zero-order valence-electron chi connectivity index (χ0n) is 13.1. The first-order valence-corrected chi connectivity index (χ1v) is 7.45. The lowest BCUT2D eigenvalue weighted by atomic mass is 10.1. The number of carbonyl (C=O) groups is 3. The fourth-order valence-corrected chi connectivity index (χ4v) is 2.30. The first-order chi connectivity index (χ1) is 9.91. The van der Waals surface area contributed by atoms with Crippen molar-refractivity contribution < 1.29 is 14.4 Å². The number of piperazine rings is 1. The molecule has 3 N–H and O–H groups in total. The zero-order chi connectivity index (χ0) is 15.8. The van der Waals surface area contributed by atoms with Gasteiger partial charge in [-0.2, -0.15) is 0 Å². The molecule has 21 heavy (non-hydrogen) atoms. The highest BCUT2D eigenvalue weighted by Crippen LogP contribution is 2.11. The molecule has 0 aromatic carbocycles. The average Bonchev–Trinajstić information content (AvgIpc) is 2.43. The van der Waals surface area contributed by atoms with Gasteiger partial charge in [0, 0.05) is 58.0 Å². The van der Waals surface area contributed by atoms with E-state index in [1.165, 1.54) is 6.92 Å². The molecule has 0 spiro atoms. The predicted octanol–water partition coefficient (Wildman–Crippen LogP) is -0.772. The summed E-state index contributed by atoms with van der Waals surface area (Å²) in [5.41, 5.74) is 0. The smallest absolute Gasteiger partial charge is 0.223 e. The summed E-state index contributed by atoms with van der Waals surface area (Å²) in [4.78, 5) is 36.2. The van der Waals surface area contributed by atoms with Crippen LogP contribution in [0.15, 0.2) is 0 Å². The van der Waals surface area contributed by atoms with Gasteiger partial charge in [-0.25, -0.2) is 0 Å². The Hall–Kier alpha value is -1.63. The van der Waals surface area contributed by atoms with Gasteiger partial charge in [-0.1, -0.05) is 0 Å². The summed E-state index contributed by atoms with van der Waals surface area (Å²) in [5, 5.41) is 8.59. The summed E-state index contributed by atoms with van der Waals surface area (Å²) < 4.78 is 0. The Kier molecular flexibility index (Phi) is 7.14. The number of nitrogens with one attached hydrogen (secondary N) is 3. The Morgan fingerprint density at radius 1 is 1.14 bits per heavy atom. The molecule has 0 saturated carbocycles. The molecule has 3 amide bonds. The molecular formula is C14H26N4O3. The number of nitrogens with zero attached hydrogens (tertiary/aromatic N) is 1. The van der Waals surface area contributed by atoms with Gasteiger partial charge in [0.05, 0.1) is 0 Å². The second-order valence-electron chi connectivity index (χ2n) is 5.40. The number of amides is 3. The molecule has 0 radical (unpaired) electrons. The molecule has 0 bridgehead atoms. The van der Waals surface area contributed by atoms with Crippen LogP contribution in [0.1, 0.15) is 33.6 Å². The monoisotopic (exact) mass is 298 g/mol. The van der Waals surface area contributed by atoms with Crippen LogP contribution >= 0.6 is 0 Å². The number of hydrogen-bond acceptors (Lipinski definition) is 4. The lowest BCUT2D eigenvalue weighted by Gasteiger charge is -2.38. The van der Waals surface area contributed by atoms with Gasteiger partial charge in [0.15, 0.2) is 0 Å². The summed E-state index contributed by atoms with van der Waals surface area (Å²) in [5.74, 6) is -0.265. The third kappa shape index (κ3) is 6.12. The fraction of sp³-hybridized carbons (Fsp3) is 0.786. The Bertz CT molecular complexity index is 386. The SMILES string of the molecule is CC(=O)NCCNC(=O)CCC(=O)N1CCNC(C)C1C. The van der Waals surface area contributed by atoms with E-state index in [-0.39, 0.29) is 42.6 Å². The predicted molar refractivity (Wildman–Crippen MR) is 79.6 cm³/mol. The van der Waals surface area contributed by atoms with Crippen molar-refractivity contribution in [2.75, 3.05) is 26.2 Å². The molecule has 7 nitrogen and oxygen atoms in total. The van der Waals surface area contributed by atoms with Crippen LogP contribution in [-0.2, 0) is 14.4 Å². The molecule has 2 atom stereocenters. The minimum atomic E-state index is -0.162. The van der Waals surface area contributed by atoms with Crippen molar-refractivity contribution >= 4 is 17.7 Å². The summed E-state index contributed by atoms with van der Waals surface area (Å²) in [6.07, 6.45) is 0.410. The highest BCUT2D eigenvalue weighted by atomic mass is 16.2. The van der Waals surface area contributed by atoms with E-state index in [1.54, 1.807) is 0 Å². The van der Waals surface area contributed by atoms with Crippen molar-refractivity contribution in [2.45, 2.75) is 45.7 Å². The van der Waals surface area contributed by atoms with Gasteiger partial charge in [0.25, 0.3) is 0 Å². The molecule has 0 aromatic rings. The molecule has 1 aliphatic heterocycles. The van der Waals surface area contributed by atoms with Gasteiger partial charge in [0.1, 0.15) is 0 Å². The molecule has 7 heteroatoms. The first-order valence-electron chi connectivity index (χ1n) is 7.45. The van der Waals surface area contributed by atoms with E-state index in [0.29, 0.717) is 19.6 Å². The molecule has 1 saturated heterocycles. The second kappa shape index (κ2) is 8.61. The maximum Gasteiger partial charge on any atom is 0.223 e. The normalized spacial score (nSPS) is 21.8. The first kappa shape index (κ1) is 17.4. The van der Waals surface area contributed by atoms with Crippen LogP contribution in [0, 0.1) is 0 Å². The minimum Gasteiger partial charge on any atom is -0.355 e. The Balaban J connectivity index is 2.22. The van der Waals surface area contributed by atoms with Gasteiger partial charge in [-0.3, -0.25) is 14.4 Å². The molecule has 1 heterocycles. The Morgan fingerprint density at radius 2 is 1.81 bits per heavy atom. The topological polar surface area (TPSA) is 90.5 Å². The van der Waals surface area contributed by atoms with Gasteiger partial charge in [0.2, 0.25) is 17.7 Å². The van der Waals surface area contributed by atoms with Crippen LogP contribution in [0.3, 0.4) is 0 Å². The van der Waals surface area contributed by atoms with Gasteiger partial charge in [-0.15, -0.1) is 0 Å². The lowest BCUT2D eigenvalue weighted by molar-refractivity contribution is -0.136. The van der Waals surface area contributed by atoms with E-state index in [9.17, 15) is 14.4 Å². The number of rotatable bonds is 6. The van der Waals surface area contributed by atoms with Crippen LogP contribution in [0.2, 0.25) is 0 Å².